The van der Waals surface area contributed by atoms with Crippen molar-refractivity contribution in [1.82, 2.24) is 14.4 Å². The Labute approximate surface area is 184 Å². The topological polar surface area (TPSA) is 65.4 Å². The third-order valence-electron chi connectivity index (χ3n) is 5.58. The van der Waals surface area contributed by atoms with Gasteiger partial charge in [-0.1, -0.05) is 18.2 Å². The Morgan fingerprint density at radius 2 is 1.84 bits per heavy atom. The Morgan fingerprint density at radius 3 is 2.61 bits per heavy atom. The number of fused-ring (bicyclic) bond motifs is 1. The molecule has 1 aromatic carbocycles. The molecular weight excluding hydrogens is 398 g/mol. The van der Waals surface area contributed by atoms with Gasteiger partial charge in [0, 0.05) is 51.5 Å². The molecule has 1 fully saturated rings. The molecule has 8 heteroatoms. The van der Waals surface area contributed by atoms with Gasteiger partial charge in [-0.15, -0.1) is 0 Å². The highest BCUT2D eigenvalue weighted by Crippen LogP contribution is 2.19. The molecule has 1 aliphatic heterocycles. The first-order chi connectivity index (χ1) is 15.2. The Kier molecular flexibility index (Phi) is 9.77. The number of hydrogen-bond acceptors (Lipinski definition) is 6. The van der Waals surface area contributed by atoms with E-state index in [2.05, 4.69) is 34.7 Å². The van der Waals surface area contributed by atoms with E-state index < -0.39 is 0 Å². The number of hydrogen-bond donors (Lipinski definition) is 0. The third kappa shape index (κ3) is 7.29. The van der Waals surface area contributed by atoms with Gasteiger partial charge in [0.25, 0.3) is 0 Å². The van der Waals surface area contributed by atoms with Crippen molar-refractivity contribution in [2.45, 2.75) is 6.54 Å². The lowest BCUT2D eigenvalue weighted by Crippen LogP contribution is -2.44. The highest BCUT2D eigenvalue weighted by atomic mass is 16.5. The molecule has 31 heavy (non-hydrogen) atoms. The number of rotatable bonds is 13. The number of carbonyl (C=O) groups is 1. The minimum absolute atomic E-state index is 0.00425. The van der Waals surface area contributed by atoms with Crippen LogP contribution in [0.2, 0.25) is 0 Å². The number of amides is 1. The second-order valence-corrected chi connectivity index (χ2v) is 7.68. The summed E-state index contributed by atoms with van der Waals surface area (Å²) >= 11 is 0. The molecular formula is C23H35N3O5. The molecule has 172 valence electrons. The number of benzene rings is 1. The average molecular weight is 434 g/mol. The van der Waals surface area contributed by atoms with Crippen molar-refractivity contribution < 1.29 is 23.7 Å². The number of para-hydroxylation sites is 1. The van der Waals surface area contributed by atoms with Crippen LogP contribution in [0.1, 0.15) is 5.69 Å². The summed E-state index contributed by atoms with van der Waals surface area (Å²) in [4.78, 5) is 17.2. The summed E-state index contributed by atoms with van der Waals surface area (Å²) in [5.41, 5.74) is 2.28. The molecule has 0 atom stereocenters. The summed E-state index contributed by atoms with van der Waals surface area (Å²) in [6.45, 7) is 7.35. The summed E-state index contributed by atoms with van der Waals surface area (Å²) in [7, 11) is 3.69. The fourth-order valence-corrected chi connectivity index (χ4v) is 3.69. The van der Waals surface area contributed by atoms with Crippen molar-refractivity contribution in [1.29, 1.82) is 0 Å². The van der Waals surface area contributed by atoms with Crippen LogP contribution in [-0.4, -0.2) is 99.8 Å². The van der Waals surface area contributed by atoms with Crippen LogP contribution in [0, 0.1) is 0 Å². The van der Waals surface area contributed by atoms with Crippen LogP contribution in [0.5, 0.6) is 0 Å². The summed E-state index contributed by atoms with van der Waals surface area (Å²) in [6, 6.07) is 10.4. The number of methoxy groups -OCH3 is 1. The maximum Gasteiger partial charge on any atom is 0.248 e. The molecule has 8 nitrogen and oxygen atoms in total. The van der Waals surface area contributed by atoms with Crippen LogP contribution in [0.3, 0.4) is 0 Å². The molecule has 3 rings (SSSR count). The molecule has 0 spiro atoms. The van der Waals surface area contributed by atoms with Gasteiger partial charge < -0.3 is 28.4 Å². The number of ether oxygens (including phenoxy) is 4. The number of aromatic nitrogens is 1. The fraction of sp³-hybridized carbons (Fsp3) is 0.609. The highest BCUT2D eigenvalue weighted by molar-refractivity contribution is 5.82. The SMILES string of the molecule is COCCOCCOCC(=O)N(CCN1CCOCC1)Cc1cc2ccccc2n1C. The van der Waals surface area contributed by atoms with Crippen LogP contribution in [0.25, 0.3) is 10.9 Å². The van der Waals surface area contributed by atoms with Gasteiger partial charge in [0.15, 0.2) is 0 Å². The van der Waals surface area contributed by atoms with Gasteiger partial charge >= 0.3 is 0 Å². The lowest BCUT2D eigenvalue weighted by molar-refractivity contribution is -0.137. The van der Waals surface area contributed by atoms with E-state index in [0.717, 1.165) is 38.5 Å². The van der Waals surface area contributed by atoms with Crippen molar-refractivity contribution in [3.8, 4) is 0 Å². The predicted molar refractivity (Wildman–Crippen MR) is 119 cm³/mol. The van der Waals surface area contributed by atoms with Crippen molar-refractivity contribution in [2.24, 2.45) is 7.05 Å². The van der Waals surface area contributed by atoms with E-state index in [4.69, 9.17) is 18.9 Å². The van der Waals surface area contributed by atoms with Gasteiger partial charge in [0.2, 0.25) is 5.91 Å². The molecule has 0 saturated carbocycles. The Hall–Kier alpha value is -1.97. The van der Waals surface area contributed by atoms with Gasteiger partial charge in [-0.25, -0.2) is 0 Å². The van der Waals surface area contributed by atoms with E-state index in [1.165, 1.54) is 10.9 Å². The summed E-state index contributed by atoms with van der Waals surface area (Å²) in [6.07, 6.45) is 0. The van der Waals surface area contributed by atoms with Crippen LogP contribution in [0.15, 0.2) is 30.3 Å². The molecule has 0 bridgehead atoms. The van der Waals surface area contributed by atoms with Crippen molar-refractivity contribution in [2.75, 3.05) is 79.5 Å². The van der Waals surface area contributed by atoms with E-state index in [-0.39, 0.29) is 12.5 Å². The van der Waals surface area contributed by atoms with Crippen molar-refractivity contribution in [3.63, 3.8) is 0 Å². The molecule has 2 heterocycles. The Morgan fingerprint density at radius 1 is 1.10 bits per heavy atom. The molecule has 1 aliphatic rings. The maximum atomic E-state index is 13.0. The highest BCUT2D eigenvalue weighted by Gasteiger charge is 2.19. The molecule has 1 saturated heterocycles. The van der Waals surface area contributed by atoms with E-state index in [9.17, 15) is 4.79 Å². The van der Waals surface area contributed by atoms with E-state index >= 15 is 0 Å². The first kappa shape index (κ1) is 23.7. The Bertz CT molecular complexity index is 804. The van der Waals surface area contributed by atoms with Gasteiger partial charge in [-0.05, 0) is 17.5 Å². The quantitative estimate of drug-likeness (QED) is 0.447. The van der Waals surface area contributed by atoms with Gasteiger partial charge in [0.05, 0.1) is 46.2 Å². The molecule has 0 N–H and O–H groups in total. The number of carbonyl (C=O) groups excluding carboxylic acids is 1. The second kappa shape index (κ2) is 12.8. The number of morpholine rings is 1. The number of nitrogens with zero attached hydrogens (tertiary/aromatic N) is 3. The minimum Gasteiger partial charge on any atom is -0.382 e. The molecule has 0 aliphatic carbocycles. The first-order valence-corrected chi connectivity index (χ1v) is 10.9. The van der Waals surface area contributed by atoms with Crippen LogP contribution in [0.4, 0.5) is 0 Å². The smallest absolute Gasteiger partial charge is 0.248 e. The Balaban J connectivity index is 1.56. The number of aryl methyl sites for hydroxylation is 1. The van der Waals surface area contributed by atoms with Gasteiger partial charge in [0.1, 0.15) is 6.61 Å². The monoisotopic (exact) mass is 433 g/mol. The van der Waals surface area contributed by atoms with Crippen molar-refractivity contribution >= 4 is 16.8 Å². The molecule has 1 amide bonds. The zero-order valence-corrected chi connectivity index (χ0v) is 18.8. The van der Waals surface area contributed by atoms with E-state index in [1.54, 1.807) is 7.11 Å². The van der Waals surface area contributed by atoms with E-state index in [1.807, 2.05) is 17.0 Å². The molecule has 0 unspecified atom stereocenters. The lowest BCUT2D eigenvalue weighted by atomic mass is 10.2. The summed E-state index contributed by atoms with van der Waals surface area (Å²) in [5, 5.41) is 1.19. The zero-order chi connectivity index (χ0) is 21.9. The lowest BCUT2D eigenvalue weighted by Gasteiger charge is -2.30. The minimum atomic E-state index is -0.00425. The first-order valence-electron chi connectivity index (χ1n) is 10.9. The second-order valence-electron chi connectivity index (χ2n) is 7.68. The maximum absolute atomic E-state index is 13.0. The standard InChI is InChI=1S/C23H35N3O5/c1-24-21(17-20-5-3-4-6-22(20)24)18-26(8-7-25-9-11-29-12-10-25)23(27)19-31-16-15-30-14-13-28-2/h3-6,17H,7-16,18-19H2,1-2H3. The van der Waals surface area contributed by atoms with Gasteiger partial charge in [-0.2, -0.15) is 0 Å². The van der Waals surface area contributed by atoms with Gasteiger partial charge in [-0.3, -0.25) is 9.69 Å². The normalized spacial score (nSPS) is 14.9. The van der Waals surface area contributed by atoms with E-state index in [0.29, 0.717) is 39.5 Å². The molecule has 0 radical (unpaired) electrons. The van der Waals surface area contributed by atoms with Crippen LogP contribution < -0.4 is 0 Å². The zero-order valence-electron chi connectivity index (χ0n) is 18.8. The van der Waals surface area contributed by atoms with Crippen molar-refractivity contribution in [3.05, 3.63) is 36.0 Å². The molecule has 2 aromatic rings. The fourth-order valence-electron chi connectivity index (χ4n) is 3.69. The average Bonchev–Trinajstić information content (AvgIpc) is 3.12. The molecule has 1 aromatic heterocycles. The largest absolute Gasteiger partial charge is 0.382 e. The third-order valence-corrected chi connectivity index (χ3v) is 5.58. The summed E-state index contributed by atoms with van der Waals surface area (Å²) < 4.78 is 23.5. The predicted octanol–water partition coefficient (Wildman–Crippen LogP) is 1.52. The van der Waals surface area contributed by atoms with Crippen LogP contribution in [-0.2, 0) is 37.3 Å². The van der Waals surface area contributed by atoms with Crippen LogP contribution >= 0.6 is 0 Å². The summed E-state index contributed by atoms with van der Waals surface area (Å²) in [5.74, 6) is -0.00425.